The lowest BCUT2D eigenvalue weighted by atomic mass is 10.2. The first-order valence-corrected chi connectivity index (χ1v) is 7.87. The average Bonchev–Trinajstić information content (AvgIpc) is 2.48. The molecular weight excluding hydrogens is 395 g/mol. The molecule has 0 aromatic carbocycles. The maximum Gasteiger partial charge on any atom is 0.355 e. The zero-order valence-electron chi connectivity index (χ0n) is 12.0. The molecule has 0 saturated carbocycles. The minimum absolute atomic E-state index is 0.350. The smallest absolute Gasteiger partial charge is 0.355 e. The van der Waals surface area contributed by atoms with E-state index >= 15 is 0 Å². The van der Waals surface area contributed by atoms with Crippen molar-refractivity contribution in [1.29, 1.82) is 0 Å². The normalized spacial score (nSPS) is 20.3. The fourth-order valence-corrected chi connectivity index (χ4v) is 2.13. The topological polar surface area (TPSA) is 53.4 Å². The minimum atomic E-state index is -0.359. The zero-order valence-corrected chi connectivity index (χ0v) is 14.2. The van der Waals surface area contributed by atoms with Crippen molar-refractivity contribution in [2.75, 3.05) is 13.2 Å². The molecule has 0 aliphatic heterocycles. The fourth-order valence-electron chi connectivity index (χ4n) is 1.82. The summed E-state index contributed by atoms with van der Waals surface area (Å²) in [5, 5.41) is 0. The molecule has 0 fully saturated rings. The summed E-state index contributed by atoms with van der Waals surface area (Å²) in [5.74, 6) is 0.350. The Kier molecular flexibility index (Phi) is 7.11. The SMILES string of the molecule is O=c1nc(OCCCCOI)ccn1C1=C/C=C\C=C/C=C\1. The van der Waals surface area contributed by atoms with Gasteiger partial charge < -0.3 is 7.80 Å². The number of nitrogens with zero attached hydrogens (tertiary/aromatic N) is 2. The number of allylic oxidation sites excluding steroid dienone is 8. The maximum atomic E-state index is 12.1. The van der Waals surface area contributed by atoms with Crippen molar-refractivity contribution in [2.45, 2.75) is 12.8 Å². The van der Waals surface area contributed by atoms with E-state index in [4.69, 9.17) is 7.80 Å². The molecule has 0 spiro atoms. The fraction of sp³-hybridized carbons (Fsp3) is 0.250. The van der Waals surface area contributed by atoms with Gasteiger partial charge in [-0.2, -0.15) is 4.98 Å². The number of hydrogen-bond donors (Lipinski definition) is 0. The summed E-state index contributed by atoms with van der Waals surface area (Å²) < 4.78 is 11.9. The van der Waals surface area contributed by atoms with Crippen LogP contribution in [-0.2, 0) is 3.07 Å². The van der Waals surface area contributed by atoms with Crippen molar-refractivity contribution in [2.24, 2.45) is 0 Å². The van der Waals surface area contributed by atoms with Gasteiger partial charge in [0.1, 0.15) is 23.0 Å². The molecule has 1 aliphatic rings. The van der Waals surface area contributed by atoms with Crippen LogP contribution in [0, 0.1) is 0 Å². The van der Waals surface area contributed by atoms with Crippen LogP contribution >= 0.6 is 23.0 Å². The van der Waals surface area contributed by atoms with E-state index in [2.05, 4.69) is 4.98 Å². The lowest BCUT2D eigenvalue weighted by Crippen LogP contribution is -2.21. The van der Waals surface area contributed by atoms with Crippen LogP contribution in [0.2, 0.25) is 0 Å². The standard InChI is InChI=1S/C16H17IN2O3/c17-22-13-7-6-12-21-15-10-11-19(16(20)18-15)14-8-4-2-1-3-5-9-14/h1-5,8-11H,6-7,12-13H2/b2-1-,3-1?,4-2?,5-3-,8-4-,9-5?,14-8?,14-9+. The van der Waals surface area contributed by atoms with Crippen LogP contribution in [0.4, 0.5) is 0 Å². The highest BCUT2D eigenvalue weighted by molar-refractivity contribution is 14.1. The molecule has 0 radical (unpaired) electrons. The van der Waals surface area contributed by atoms with E-state index in [1.807, 2.05) is 65.5 Å². The minimum Gasteiger partial charge on any atom is -0.478 e. The summed E-state index contributed by atoms with van der Waals surface area (Å²) in [5.41, 5.74) is 0.394. The molecule has 1 heterocycles. The molecule has 0 unspecified atom stereocenters. The van der Waals surface area contributed by atoms with Gasteiger partial charge in [-0.1, -0.05) is 30.4 Å². The third-order valence-electron chi connectivity index (χ3n) is 2.90. The van der Waals surface area contributed by atoms with Crippen molar-refractivity contribution in [3.63, 3.8) is 0 Å². The molecule has 116 valence electrons. The predicted octanol–water partition coefficient (Wildman–Crippen LogP) is 3.29. The first-order chi connectivity index (χ1) is 10.8. The van der Waals surface area contributed by atoms with Crippen LogP contribution in [0.1, 0.15) is 12.8 Å². The number of rotatable bonds is 7. The molecule has 1 aliphatic carbocycles. The Bertz CT molecular complexity index is 660. The van der Waals surface area contributed by atoms with Crippen molar-refractivity contribution in [3.05, 3.63) is 65.3 Å². The molecule has 5 nitrogen and oxygen atoms in total. The van der Waals surface area contributed by atoms with Gasteiger partial charge in [0, 0.05) is 12.3 Å². The summed E-state index contributed by atoms with van der Waals surface area (Å²) in [6.07, 6.45) is 16.6. The lowest BCUT2D eigenvalue weighted by Gasteiger charge is -2.08. The molecule has 6 heteroatoms. The van der Waals surface area contributed by atoms with E-state index in [-0.39, 0.29) is 5.69 Å². The van der Waals surface area contributed by atoms with Gasteiger partial charge in [0.2, 0.25) is 5.88 Å². The monoisotopic (exact) mass is 412 g/mol. The first-order valence-electron chi connectivity index (χ1n) is 6.99. The van der Waals surface area contributed by atoms with E-state index in [0.717, 1.165) is 18.5 Å². The molecule has 2 rings (SSSR count). The lowest BCUT2D eigenvalue weighted by molar-refractivity contribution is 0.281. The van der Waals surface area contributed by atoms with Gasteiger partial charge in [-0.05, 0) is 25.0 Å². The van der Waals surface area contributed by atoms with Gasteiger partial charge in [-0.25, -0.2) is 4.79 Å². The van der Waals surface area contributed by atoms with Crippen molar-refractivity contribution < 1.29 is 7.80 Å². The molecule has 0 saturated heterocycles. The van der Waals surface area contributed by atoms with Crippen LogP contribution in [-0.4, -0.2) is 22.8 Å². The number of halogens is 1. The average molecular weight is 412 g/mol. The van der Waals surface area contributed by atoms with Crippen molar-refractivity contribution in [3.8, 4) is 5.88 Å². The highest BCUT2D eigenvalue weighted by Gasteiger charge is 2.04. The maximum absolute atomic E-state index is 12.1. The molecule has 0 bridgehead atoms. The molecule has 0 N–H and O–H groups in total. The Labute approximate surface area is 143 Å². The zero-order chi connectivity index (χ0) is 15.6. The summed E-state index contributed by atoms with van der Waals surface area (Å²) in [4.78, 5) is 16.1. The second-order valence-corrected chi connectivity index (χ2v) is 5.13. The third kappa shape index (κ3) is 5.27. The molecule has 0 amide bonds. The van der Waals surface area contributed by atoms with Gasteiger partial charge in [-0.3, -0.25) is 4.57 Å². The van der Waals surface area contributed by atoms with E-state index < -0.39 is 0 Å². The Morgan fingerprint density at radius 2 is 1.86 bits per heavy atom. The molecular formula is C16H17IN2O3. The molecule has 0 atom stereocenters. The van der Waals surface area contributed by atoms with E-state index in [9.17, 15) is 4.79 Å². The van der Waals surface area contributed by atoms with E-state index in [0.29, 0.717) is 19.1 Å². The van der Waals surface area contributed by atoms with E-state index in [1.54, 1.807) is 12.3 Å². The van der Waals surface area contributed by atoms with Crippen LogP contribution < -0.4 is 10.4 Å². The van der Waals surface area contributed by atoms with Crippen LogP contribution in [0.25, 0.3) is 5.70 Å². The Hall–Kier alpha value is -1.67. The molecule has 1 aromatic heterocycles. The first kappa shape index (κ1) is 16.7. The highest BCUT2D eigenvalue weighted by Crippen LogP contribution is 2.09. The number of aromatic nitrogens is 2. The van der Waals surface area contributed by atoms with Crippen LogP contribution in [0.3, 0.4) is 0 Å². The summed E-state index contributed by atoms with van der Waals surface area (Å²) in [7, 11) is 0. The van der Waals surface area contributed by atoms with Gasteiger partial charge >= 0.3 is 5.69 Å². The number of hydrogen-bond acceptors (Lipinski definition) is 4. The van der Waals surface area contributed by atoms with Gasteiger partial charge in [-0.15, -0.1) is 0 Å². The quantitative estimate of drug-likeness (QED) is 0.510. The highest BCUT2D eigenvalue weighted by atomic mass is 127. The number of unbranched alkanes of at least 4 members (excludes halogenated alkanes) is 1. The van der Waals surface area contributed by atoms with Gasteiger partial charge in [0.15, 0.2) is 0 Å². The van der Waals surface area contributed by atoms with E-state index in [1.165, 1.54) is 4.57 Å². The van der Waals surface area contributed by atoms with Crippen molar-refractivity contribution >= 4 is 28.7 Å². The Morgan fingerprint density at radius 3 is 2.68 bits per heavy atom. The Balaban J connectivity index is 2.02. The number of ether oxygens (including phenoxy) is 1. The van der Waals surface area contributed by atoms with Crippen LogP contribution in [0.15, 0.2) is 59.6 Å². The van der Waals surface area contributed by atoms with Crippen LogP contribution in [0.5, 0.6) is 5.88 Å². The second-order valence-electron chi connectivity index (χ2n) is 4.51. The summed E-state index contributed by atoms with van der Waals surface area (Å²) in [6, 6.07) is 1.70. The summed E-state index contributed by atoms with van der Waals surface area (Å²) in [6.45, 7) is 1.22. The third-order valence-corrected chi connectivity index (χ3v) is 3.34. The molecule has 1 aromatic rings. The summed E-state index contributed by atoms with van der Waals surface area (Å²) >= 11 is 1.87. The van der Waals surface area contributed by atoms with Gasteiger partial charge in [0.25, 0.3) is 0 Å². The van der Waals surface area contributed by atoms with Gasteiger partial charge in [0.05, 0.1) is 18.9 Å². The second kappa shape index (κ2) is 9.37. The largest absolute Gasteiger partial charge is 0.478 e. The Morgan fingerprint density at radius 1 is 1.09 bits per heavy atom. The predicted molar refractivity (Wildman–Crippen MR) is 94.9 cm³/mol. The van der Waals surface area contributed by atoms with Crippen molar-refractivity contribution in [1.82, 2.24) is 9.55 Å². The molecule has 22 heavy (non-hydrogen) atoms.